The number of benzene rings is 4. The molecule has 47 heavy (non-hydrogen) atoms. The molecule has 2 amide bonds. The van der Waals surface area contributed by atoms with Gasteiger partial charge in [-0.15, -0.1) is 0 Å². The summed E-state index contributed by atoms with van der Waals surface area (Å²) in [7, 11) is -4.17. The molecule has 0 saturated heterocycles. The van der Waals surface area contributed by atoms with Crippen molar-refractivity contribution in [2.24, 2.45) is 0 Å². The Labute approximate surface area is 283 Å². The molecule has 1 atom stereocenters. The highest BCUT2D eigenvalue weighted by Gasteiger charge is 2.36. The largest absolute Gasteiger partial charge is 0.352 e. The van der Waals surface area contributed by atoms with Gasteiger partial charge in [0.15, 0.2) is 0 Å². The second-order valence-corrected chi connectivity index (χ2v) is 14.5. The Morgan fingerprint density at radius 1 is 0.872 bits per heavy atom. The predicted octanol–water partition coefficient (Wildman–Crippen LogP) is 7.11. The first kappa shape index (κ1) is 34.2. The lowest BCUT2D eigenvalue weighted by molar-refractivity contribution is -0.140. The van der Waals surface area contributed by atoms with Gasteiger partial charge in [0, 0.05) is 24.0 Å². The molecule has 1 fully saturated rings. The van der Waals surface area contributed by atoms with Crippen LogP contribution in [-0.4, -0.2) is 43.8 Å². The summed E-state index contributed by atoms with van der Waals surface area (Å²) in [5.74, 6) is -0.743. The van der Waals surface area contributed by atoms with E-state index in [1.807, 2.05) is 62.4 Å². The van der Waals surface area contributed by atoms with Crippen LogP contribution in [-0.2, 0) is 39.0 Å². The van der Waals surface area contributed by atoms with Gasteiger partial charge in [-0.1, -0.05) is 110 Å². The minimum absolute atomic E-state index is 0.0405. The molecule has 0 aromatic heterocycles. The molecule has 0 heterocycles. The van der Waals surface area contributed by atoms with Gasteiger partial charge in [0.1, 0.15) is 12.6 Å². The number of halogens is 1. The van der Waals surface area contributed by atoms with Gasteiger partial charge in [-0.2, -0.15) is 0 Å². The quantitative estimate of drug-likeness (QED) is 0.164. The normalized spacial score (nSPS) is 14.0. The average molecular weight is 672 g/mol. The standard InChI is InChI=1S/C38H42ClN3O4S/c1-3-31-15-7-10-19-35(31)42(47(45,46)34-22-20-28(2)21-23-34)27-37(43)41(26-30-14-11-16-32(39)24-30)36(25-29-12-5-4-6-13-29)38(44)40-33-17-8-9-18-33/h4-7,10-16,19-24,33,36H,3,8-9,17-18,25-27H2,1-2H3,(H,40,44)/t36-/m0/s1. The first-order chi connectivity index (χ1) is 22.7. The Bertz CT molecular complexity index is 1770. The van der Waals surface area contributed by atoms with Gasteiger partial charge in [-0.25, -0.2) is 8.42 Å². The third-order valence-electron chi connectivity index (χ3n) is 8.74. The van der Waals surface area contributed by atoms with Crippen molar-refractivity contribution in [2.45, 2.75) is 75.9 Å². The van der Waals surface area contributed by atoms with E-state index in [0.29, 0.717) is 17.1 Å². The van der Waals surface area contributed by atoms with E-state index in [0.717, 1.165) is 47.9 Å². The molecule has 0 radical (unpaired) electrons. The first-order valence-corrected chi connectivity index (χ1v) is 18.0. The van der Waals surface area contributed by atoms with Crippen molar-refractivity contribution < 1.29 is 18.0 Å². The molecular weight excluding hydrogens is 630 g/mol. The number of hydrogen-bond donors (Lipinski definition) is 1. The molecular formula is C38H42ClN3O4S. The maximum absolute atomic E-state index is 14.7. The zero-order valence-corrected chi connectivity index (χ0v) is 28.5. The topological polar surface area (TPSA) is 86.8 Å². The third kappa shape index (κ3) is 8.62. The smallest absolute Gasteiger partial charge is 0.264 e. The number of aryl methyl sites for hydroxylation is 2. The van der Waals surface area contributed by atoms with Gasteiger partial charge in [0.05, 0.1) is 10.6 Å². The molecule has 1 N–H and O–H groups in total. The second kappa shape index (κ2) is 15.6. The van der Waals surface area contributed by atoms with Crippen molar-refractivity contribution in [3.63, 3.8) is 0 Å². The summed E-state index contributed by atoms with van der Waals surface area (Å²) in [4.78, 5) is 30.5. The van der Waals surface area contributed by atoms with Gasteiger partial charge in [0.25, 0.3) is 10.0 Å². The number of anilines is 1. The molecule has 1 saturated carbocycles. The highest BCUT2D eigenvalue weighted by Crippen LogP contribution is 2.29. The van der Waals surface area contributed by atoms with Crippen molar-refractivity contribution >= 4 is 39.1 Å². The van der Waals surface area contributed by atoms with E-state index in [-0.39, 0.29) is 29.8 Å². The highest BCUT2D eigenvalue weighted by molar-refractivity contribution is 7.92. The molecule has 5 rings (SSSR count). The fourth-order valence-electron chi connectivity index (χ4n) is 6.16. The van der Waals surface area contributed by atoms with Crippen molar-refractivity contribution in [3.05, 3.63) is 130 Å². The van der Waals surface area contributed by atoms with Gasteiger partial charge < -0.3 is 10.2 Å². The average Bonchev–Trinajstić information content (AvgIpc) is 3.59. The number of hydrogen-bond acceptors (Lipinski definition) is 4. The van der Waals surface area contributed by atoms with Crippen LogP contribution < -0.4 is 9.62 Å². The van der Waals surface area contributed by atoms with Gasteiger partial charge >= 0.3 is 0 Å². The summed E-state index contributed by atoms with van der Waals surface area (Å²) in [6.07, 6.45) is 4.70. The SMILES string of the molecule is CCc1ccccc1N(CC(=O)N(Cc1cccc(Cl)c1)[C@@H](Cc1ccccc1)C(=O)NC1CCCC1)S(=O)(=O)c1ccc(C)cc1. The van der Waals surface area contributed by atoms with Gasteiger partial charge in [-0.05, 0) is 73.2 Å². The lowest BCUT2D eigenvalue weighted by Crippen LogP contribution is -2.54. The molecule has 0 aliphatic heterocycles. The zero-order chi connectivity index (χ0) is 33.4. The minimum Gasteiger partial charge on any atom is -0.352 e. The number of nitrogens with one attached hydrogen (secondary N) is 1. The van der Waals surface area contributed by atoms with E-state index in [4.69, 9.17) is 11.6 Å². The van der Waals surface area contributed by atoms with Crippen molar-refractivity contribution in [2.75, 3.05) is 10.8 Å². The number of rotatable bonds is 13. The zero-order valence-electron chi connectivity index (χ0n) is 26.9. The summed E-state index contributed by atoms with van der Waals surface area (Å²) < 4.78 is 29.9. The number of sulfonamides is 1. The molecule has 9 heteroatoms. The van der Waals surface area contributed by atoms with Crippen LogP contribution in [0.3, 0.4) is 0 Å². The second-order valence-electron chi connectivity index (χ2n) is 12.2. The van der Waals surface area contributed by atoms with Crippen LogP contribution in [0.1, 0.15) is 54.9 Å². The predicted molar refractivity (Wildman–Crippen MR) is 188 cm³/mol. The molecule has 1 aliphatic carbocycles. The van der Waals surface area contributed by atoms with Gasteiger partial charge in [0.2, 0.25) is 11.8 Å². The molecule has 1 aliphatic rings. The van der Waals surface area contributed by atoms with Crippen LogP contribution in [0, 0.1) is 6.92 Å². The third-order valence-corrected chi connectivity index (χ3v) is 10.8. The first-order valence-electron chi connectivity index (χ1n) is 16.2. The van der Waals surface area contributed by atoms with E-state index in [1.165, 1.54) is 9.21 Å². The highest BCUT2D eigenvalue weighted by atomic mass is 35.5. The number of para-hydroxylation sites is 1. The fraction of sp³-hybridized carbons (Fsp3) is 0.316. The molecule has 0 unspecified atom stereocenters. The molecule has 7 nitrogen and oxygen atoms in total. The Morgan fingerprint density at radius 2 is 1.53 bits per heavy atom. The monoisotopic (exact) mass is 671 g/mol. The van der Waals surface area contributed by atoms with Crippen LogP contribution in [0.15, 0.2) is 108 Å². The number of carbonyl (C=O) groups excluding carboxylic acids is 2. The van der Waals surface area contributed by atoms with Gasteiger partial charge in [-0.3, -0.25) is 13.9 Å². The Morgan fingerprint density at radius 3 is 2.21 bits per heavy atom. The fourth-order valence-corrected chi connectivity index (χ4v) is 7.82. The minimum atomic E-state index is -4.17. The maximum Gasteiger partial charge on any atom is 0.264 e. The van der Waals surface area contributed by atoms with Crippen LogP contribution in [0.4, 0.5) is 5.69 Å². The summed E-state index contributed by atoms with van der Waals surface area (Å²) in [6, 6.07) is 29.8. The van der Waals surface area contributed by atoms with E-state index in [1.54, 1.807) is 54.6 Å². The lowest BCUT2D eigenvalue weighted by Gasteiger charge is -2.34. The summed E-state index contributed by atoms with van der Waals surface area (Å²) in [6.45, 7) is 3.42. The van der Waals surface area contributed by atoms with Crippen molar-refractivity contribution in [1.29, 1.82) is 0 Å². The number of nitrogens with zero attached hydrogens (tertiary/aromatic N) is 2. The molecule has 246 valence electrons. The molecule has 4 aromatic carbocycles. The maximum atomic E-state index is 14.7. The van der Waals surface area contributed by atoms with E-state index in [9.17, 15) is 18.0 Å². The van der Waals surface area contributed by atoms with Crippen molar-refractivity contribution in [1.82, 2.24) is 10.2 Å². The summed E-state index contributed by atoms with van der Waals surface area (Å²) >= 11 is 6.36. The Hall–Kier alpha value is -4.14. The Kier molecular flexibility index (Phi) is 11.4. The Balaban J connectivity index is 1.59. The number of amides is 2. The van der Waals surface area contributed by atoms with E-state index in [2.05, 4.69) is 5.32 Å². The summed E-state index contributed by atoms with van der Waals surface area (Å²) in [5, 5.41) is 3.71. The van der Waals surface area contributed by atoms with Crippen LogP contribution in [0.2, 0.25) is 5.02 Å². The summed E-state index contributed by atoms with van der Waals surface area (Å²) in [5.41, 5.74) is 3.77. The van der Waals surface area contributed by atoms with Crippen LogP contribution >= 0.6 is 11.6 Å². The molecule has 0 spiro atoms. The van der Waals surface area contributed by atoms with Crippen LogP contribution in [0.25, 0.3) is 0 Å². The molecule has 4 aromatic rings. The molecule has 0 bridgehead atoms. The van der Waals surface area contributed by atoms with Crippen molar-refractivity contribution in [3.8, 4) is 0 Å². The van der Waals surface area contributed by atoms with Crippen LogP contribution in [0.5, 0.6) is 0 Å². The van der Waals surface area contributed by atoms with E-state index >= 15 is 0 Å². The van der Waals surface area contributed by atoms with E-state index < -0.39 is 28.5 Å². The lowest BCUT2D eigenvalue weighted by atomic mass is 10.0. The number of carbonyl (C=O) groups is 2.